The molecule has 1 N–H and O–H groups in total. The van der Waals surface area contributed by atoms with Gasteiger partial charge in [-0.1, -0.05) is 54.6 Å². The SMILES string of the molecule is CCNC(=O)[C@@H](Cc1ccccc1)N(Cc1ccccc1C)C(=O)CN(c1cc(OC)ccc1OC)S(=O)(=O)c1ccc(OC)c(OC)c1. The minimum atomic E-state index is -4.48. The molecule has 2 amide bonds. The summed E-state index contributed by atoms with van der Waals surface area (Å²) in [6.07, 6.45) is 0.204. The molecule has 0 saturated heterocycles. The molecule has 49 heavy (non-hydrogen) atoms. The maximum absolute atomic E-state index is 14.8. The molecule has 12 heteroatoms. The first kappa shape index (κ1) is 36.6. The molecule has 4 aromatic rings. The standard InChI is InChI=1S/C37H43N3O8S/c1-7-38-37(42)32(21-27-14-9-8-10-15-27)39(24-28-16-12-11-13-26(28)2)36(41)25-40(31-22-29(45-3)17-19-33(31)46-4)49(43,44)30-18-20-34(47-5)35(23-30)48-6/h8-20,22-23,32H,7,21,24-25H2,1-6H3,(H,38,42)/t32-/m1/s1. The van der Waals surface area contributed by atoms with Crippen LogP contribution in [-0.2, 0) is 32.6 Å². The van der Waals surface area contributed by atoms with Gasteiger partial charge in [-0.3, -0.25) is 13.9 Å². The van der Waals surface area contributed by atoms with E-state index < -0.39 is 28.5 Å². The van der Waals surface area contributed by atoms with Crippen molar-refractivity contribution in [3.8, 4) is 23.0 Å². The van der Waals surface area contributed by atoms with Crippen molar-refractivity contribution in [3.63, 3.8) is 0 Å². The average Bonchev–Trinajstić information content (AvgIpc) is 3.12. The number of methoxy groups -OCH3 is 4. The van der Waals surface area contributed by atoms with E-state index >= 15 is 0 Å². The first-order valence-electron chi connectivity index (χ1n) is 15.7. The number of carbonyl (C=O) groups is 2. The second-order valence-corrected chi connectivity index (χ2v) is 13.0. The molecule has 0 aliphatic heterocycles. The quantitative estimate of drug-likeness (QED) is 0.174. The fourth-order valence-corrected chi connectivity index (χ4v) is 6.86. The Kier molecular flexibility index (Phi) is 12.5. The van der Waals surface area contributed by atoms with Crippen molar-refractivity contribution < 1.29 is 37.0 Å². The van der Waals surface area contributed by atoms with Crippen molar-refractivity contribution in [2.45, 2.75) is 37.8 Å². The largest absolute Gasteiger partial charge is 0.497 e. The Morgan fingerprint density at radius 1 is 0.776 bits per heavy atom. The van der Waals surface area contributed by atoms with E-state index in [0.717, 1.165) is 21.0 Å². The summed E-state index contributed by atoms with van der Waals surface area (Å²) in [5.74, 6) is 0.0845. The van der Waals surface area contributed by atoms with Crippen molar-refractivity contribution in [2.24, 2.45) is 0 Å². The number of aryl methyl sites for hydroxylation is 1. The molecular formula is C37H43N3O8S. The minimum Gasteiger partial charge on any atom is -0.497 e. The molecule has 0 radical (unpaired) electrons. The van der Waals surface area contributed by atoms with Crippen LogP contribution in [0, 0.1) is 6.92 Å². The number of carbonyl (C=O) groups excluding carboxylic acids is 2. The number of amides is 2. The van der Waals surface area contributed by atoms with Gasteiger partial charge in [0.2, 0.25) is 11.8 Å². The second-order valence-electron chi connectivity index (χ2n) is 11.1. The predicted molar refractivity (Wildman–Crippen MR) is 188 cm³/mol. The highest BCUT2D eigenvalue weighted by Gasteiger charge is 2.36. The van der Waals surface area contributed by atoms with Gasteiger partial charge in [0, 0.05) is 31.6 Å². The first-order chi connectivity index (χ1) is 23.6. The van der Waals surface area contributed by atoms with Gasteiger partial charge < -0.3 is 29.2 Å². The lowest BCUT2D eigenvalue weighted by molar-refractivity contribution is -0.140. The number of ether oxygens (including phenoxy) is 4. The first-order valence-corrected chi connectivity index (χ1v) is 17.1. The third kappa shape index (κ3) is 8.63. The lowest BCUT2D eigenvalue weighted by Gasteiger charge is -2.34. The van der Waals surface area contributed by atoms with Crippen LogP contribution in [0.1, 0.15) is 23.6 Å². The van der Waals surface area contributed by atoms with E-state index in [-0.39, 0.29) is 41.0 Å². The molecule has 0 aromatic heterocycles. The molecule has 0 bridgehead atoms. The zero-order valence-corrected chi connectivity index (χ0v) is 29.5. The highest BCUT2D eigenvalue weighted by atomic mass is 32.2. The smallest absolute Gasteiger partial charge is 0.265 e. The van der Waals surface area contributed by atoms with Crippen LogP contribution in [0.3, 0.4) is 0 Å². The molecule has 11 nitrogen and oxygen atoms in total. The highest BCUT2D eigenvalue weighted by molar-refractivity contribution is 7.92. The van der Waals surface area contributed by atoms with E-state index in [9.17, 15) is 18.0 Å². The lowest BCUT2D eigenvalue weighted by atomic mass is 10.0. The molecule has 0 heterocycles. The molecule has 0 unspecified atom stereocenters. The Balaban J connectivity index is 1.90. The Morgan fingerprint density at radius 3 is 2.06 bits per heavy atom. The zero-order chi connectivity index (χ0) is 35.6. The van der Waals surface area contributed by atoms with Gasteiger partial charge in [0.05, 0.1) is 39.0 Å². The molecule has 4 rings (SSSR count). The number of nitrogens with one attached hydrogen (secondary N) is 1. The van der Waals surface area contributed by atoms with E-state index in [4.69, 9.17) is 18.9 Å². The van der Waals surface area contributed by atoms with Gasteiger partial charge in [-0.05, 0) is 54.8 Å². The van der Waals surface area contributed by atoms with Gasteiger partial charge in [-0.25, -0.2) is 8.42 Å². The van der Waals surface area contributed by atoms with E-state index in [2.05, 4.69) is 5.32 Å². The third-order valence-electron chi connectivity index (χ3n) is 8.10. The predicted octanol–water partition coefficient (Wildman–Crippen LogP) is 5.00. The van der Waals surface area contributed by atoms with E-state index in [1.807, 2.05) is 61.5 Å². The minimum absolute atomic E-state index is 0.0552. The van der Waals surface area contributed by atoms with Crippen molar-refractivity contribution in [1.82, 2.24) is 10.2 Å². The maximum Gasteiger partial charge on any atom is 0.265 e. The Bertz CT molecular complexity index is 1850. The van der Waals surface area contributed by atoms with Crippen molar-refractivity contribution in [3.05, 3.63) is 108 Å². The second kappa shape index (κ2) is 16.7. The molecule has 0 aliphatic rings. The summed E-state index contributed by atoms with van der Waals surface area (Å²) in [7, 11) is 1.23. The topological polar surface area (TPSA) is 124 Å². The van der Waals surface area contributed by atoms with Crippen LogP contribution in [0.4, 0.5) is 5.69 Å². The molecule has 260 valence electrons. The summed E-state index contributed by atoms with van der Waals surface area (Å²) in [6, 6.07) is 24.8. The monoisotopic (exact) mass is 689 g/mol. The van der Waals surface area contributed by atoms with Crippen molar-refractivity contribution in [2.75, 3.05) is 45.8 Å². The van der Waals surface area contributed by atoms with Gasteiger partial charge in [0.25, 0.3) is 10.0 Å². The maximum atomic E-state index is 14.8. The normalized spacial score (nSPS) is 11.6. The van der Waals surface area contributed by atoms with Gasteiger partial charge in [-0.15, -0.1) is 0 Å². The highest BCUT2D eigenvalue weighted by Crippen LogP contribution is 2.38. The number of benzene rings is 4. The number of nitrogens with zero attached hydrogens (tertiary/aromatic N) is 2. The van der Waals surface area contributed by atoms with Crippen molar-refractivity contribution >= 4 is 27.5 Å². The summed E-state index contributed by atoms with van der Waals surface area (Å²) in [5.41, 5.74) is 2.63. The summed E-state index contributed by atoms with van der Waals surface area (Å²) in [5, 5.41) is 2.87. The van der Waals surface area contributed by atoms with Crippen LogP contribution in [0.2, 0.25) is 0 Å². The summed E-state index contributed by atoms with van der Waals surface area (Å²) < 4.78 is 52.0. The summed E-state index contributed by atoms with van der Waals surface area (Å²) >= 11 is 0. The van der Waals surface area contributed by atoms with Crippen LogP contribution in [0.5, 0.6) is 23.0 Å². The Labute approximate surface area is 288 Å². The van der Waals surface area contributed by atoms with Crippen LogP contribution in [0.15, 0.2) is 95.9 Å². The van der Waals surface area contributed by atoms with Gasteiger partial charge in [0.1, 0.15) is 24.1 Å². The molecule has 4 aromatic carbocycles. The average molecular weight is 690 g/mol. The fraction of sp³-hybridized carbons (Fsp3) is 0.297. The number of hydrogen-bond acceptors (Lipinski definition) is 8. The van der Waals surface area contributed by atoms with E-state index in [1.54, 1.807) is 19.1 Å². The molecular weight excluding hydrogens is 646 g/mol. The Hall–Kier alpha value is -5.23. The fourth-order valence-electron chi connectivity index (χ4n) is 5.43. The van der Waals surface area contributed by atoms with Crippen LogP contribution in [-0.4, -0.2) is 72.7 Å². The molecule has 1 atom stereocenters. The molecule has 0 saturated carbocycles. The molecule has 0 aliphatic carbocycles. The van der Waals surface area contributed by atoms with Gasteiger partial charge in [-0.2, -0.15) is 0 Å². The van der Waals surface area contributed by atoms with Crippen LogP contribution < -0.4 is 28.6 Å². The van der Waals surface area contributed by atoms with Gasteiger partial charge >= 0.3 is 0 Å². The number of likely N-dealkylation sites (N-methyl/N-ethyl adjacent to an activating group) is 1. The van der Waals surface area contributed by atoms with Crippen LogP contribution >= 0.6 is 0 Å². The van der Waals surface area contributed by atoms with Gasteiger partial charge in [0.15, 0.2) is 11.5 Å². The number of hydrogen-bond donors (Lipinski definition) is 1. The number of sulfonamides is 1. The Morgan fingerprint density at radius 2 is 1.43 bits per heavy atom. The summed E-state index contributed by atoms with van der Waals surface area (Å²) in [4.78, 5) is 29.8. The van der Waals surface area contributed by atoms with Crippen LogP contribution in [0.25, 0.3) is 0 Å². The number of anilines is 1. The number of rotatable bonds is 16. The third-order valence-corrected chi connectivity index (χ3v) is 9.86. The summed E-state index contributed by atoms with van der Waals surface area (Å²) in [6.45, 7) is 3.45. The van der Waals surface area contributed by atoms with E-state index in [0.29, 0.717) is 18.0 Å². The lowest BCUT2D eigenvalue weighted by Crippen LogP contribution is -2.53. The zero-order valence-electron chi connectivity index (χ0n) is 28.6. The van der Waals surface area contributed by atoms with Crippen molar-refractivity contribution in [1.29, 1.82) is 0 Å². The molecule has 0 spiro atoms. The molecule has 0 fully saturated rings. The van der Waals surface area contributed by atoms with E-state index in [1.165, 1.54) is 57.6 Å².